The molecule has 0 saturated heterocycles. The fourth-order valence-corrected chi connectivity index (χ4v) is 1.33. The first kappa shape index (κ1) is 10.6. The molecule has 0 radical (unpaired) electrons. The number of benzene rings is 1. The number of hydrogen-bond acceptors (Lipinski definition) is 2. The maximum Gasteiger partial charge on any atom is 0.0823 e. The Hall–Kier alpha value is -0.440. The van der Waals surface area contributed by atoms with Crippen molar-refractivity contribution >= 4 is 28.9 Å². The Morgan fingerprint density at radius 3 is 2.69 bits per heavy atom. The van der Waals surface area contributed by atoms with Crippen LogP contribution in [0, 0.1) is 0 Å². The highest BCUT2D eigenvalue weighted by Gasteiger charge is 2.01. The molecule has 2 N–H and O–H groups in total. The average molecular weight is 219 g/mol. The highest BCUT2D eigenvalue weighted by atomic mass is 35.5. The number of likely N-dealkylation sites (N-methyl/N-ethyl adjacent to an activating group) is 1. The Morgan fingerprint density at radius 2 is 2.00 bits per heavy atom. The van der Waals surface area contributed by atoms with Gasteiger partial charge in [-0.15, -0.1) is 0 Å². The number of nitrogens with one attached hydrogen (secondary N) is 2. The summed E-state index contributed by atoms with van der Waals surface area (Å²) in [7, 11) is 1.90. The predicted molar refractivity (Wildman–Crippen MR) is 58.9 cm³/mol. The van der Waals surface area contributed by atoms with Gasteiger partial charge in [0.2, 0.25) is 0 Å². The molecule has 0 aliphatic rings. The van der Waals surface area contributed by atoms with Crippen LogP contribution in [0.2, 0.25) is 10.0 Å². The minimum atomic E-state index is 0.580. The summed E-state index contributed by atoms with van der Waals surface area (Å²) in [6.07, 6.45) is 0. The van der Waals surface area contributed by atoms with Gasteiger partial charge in [0.15, 0.2) is 0 Å². The maximum atomic E-state index is 5.96. The molecule has 0 bridgehead atoms. The van der Waals surface area contributed by atoms with Gasteiger partial charge in [0.1, 0.15) is 0 Å². The van der Waals surface area contributed by atoms with Gasteiger partial charge in [0.05, 0.1) is 15.7 Å². The molecule has 0 fully saturated rings. The fraction of sp³-hybridized carbons (Fsp3) is 0.333. The van der Waals surface area contributed by atoms with Crippen molar-refractivity contribution in [2.75, 3.05) is 25.5 Å². The van der Waals surface area contributed by atoms with Crippen molar-refractivity contribution in [1.29, 1.82) is 0 Å². The summed E-state index contributed by atoms with van der Waals surface area (Å²) in [6.45, 7) is 1.72. The molecular weight excluding hydrogens is 207 g/mol. The lowest BCUT2D eigenvalue weighted by Crippen LogP contribution is -2.17. The summed E-state index contributed by atoms with van der Waals surface area (Å²) >= 11 is 11.8. The van der Waals surface area contributed by atoms with Crippen molar-refractivity contribution in [2.24, 2.45) is 0 Å². The largest absolute Gasteiger partial charge is 0.383 e. The number of hydrogen-bond donors (Lipinski definition) is 2. The topological polar surface area (TPSA) is 24.1 Å². The summed E-state index contributed by atoms with van der Waals surface area (Å²) in [5, 5.41) is 7.37. The Kier molecular flexibility index (Phi) is 4.36. The third kappa shape index (κ3) is 3.07. The van der Waals surface area contributed by atoms with Crippen LogP contribution in [0.3, 0.4) is 0 Å². The van der Waals surface area contributed by atoms with Gasteiger partial charge in [-0.25, -0.2) is 0 Å². The van der Waals surface area contributed by atoms with Gasteiger partial charge in [0.25, 0.3) is 0 Å². The van der Waals surface area contributed by atoms with E-state index in [1.54, 1.807) is 6.07 Å². The van der Waals surface area contributed by atoms with E-state index in [9.17, 15) is 0 Å². The minimum absolute atomic E-state index is 0.580. The van der Waals surface area contributed by atoms with Crippen LogP contribution in [0.15, 0.2) is 18.2 Å². The molecule has 1 aromatic carbocycles. The second-order valence-corrected chi connectivity index (χ2v) is 3.42. The molecule has 0 heterocycles. The van der Waals surface area contributed by atoms with Crippen LogP contribution in [0.1, 0.15) is 0 Å². The molecule has 72 valence electrons. The summed E-state index contributed by atoms with van der Waals surface area (Å²) in [6, 6.07) is 5.55. The summed E-state index contributed by atoms with van der Waals surface area (Å²) in [5.41, 5.74) is 0.879. The summed E-state index contributed by atoms with van der Waals surface area (Å²) < 4.78 is 0. The van der Waals surface area contributed by atoms with Crippen LogP contribution < -0.4 is 10.6 Å². The maximum absolute atomic E-state index is 5.96. The molecule has 0 aliphatic carbocycles. The van der Waals surface area contributed by atoms with Gasteiger partial charge in [-0.1, -0.05) is 29.3 Å². The van der Waals surface area contributed by atoms with E-state index in [0.29, 0.717) is 10.0 Å². The zero-order valence-electron chi connectivity index (χ0n) is 7.40. The molecule has 13 heavy (non-hydrogen) atoms. The van der Waals surface area contributed by atoms with Crippen molar-refractivity contribution < 1.29 is 0 Å². The normalized spacial score (nSPS) is 10.1. The van der Waals surface area contributed by atoms with Crippen LogP contribution in [0.4, 0.5) is 5.69 Å². The molecule has 1 aromatic rings. The molecule has 0 unspecified atom stereocenters. The van der Waals surface area contributed by atoms with E-state index in [0.717, 1.165) is 18.8 Å². The van der Waals surface area contributed by atoms with Gasteiger partial charge in [-0.05, 0) is 19.2 Å². The third-order valence-corrected chi connectivity index (χ3v) is 2.46. The zero-order valence-corrected chi connectivity index (χ0v) is 8.91. The molecule has 0 aromatic heterocycles. The molecule has 0 aliphatic heterocycles. The number of rotatable bonds is 4. The van der Waals surface area contributed by atoms with Crippen LogP contribution >= 0.6 is 23.2 Å². The molecule has 4 heteroatoms. The SMILES string of the molecule is CNCCNc1cccc(Cl)c1Cl. The Labute approximate surface area is 88.2 Å². The lowest BCUT2D eigenvalue weighted by Gasteiger charge is -2.08. The third-order valence-electron chi connectivity index (χ3n) is 1.64. The fourth-order valence-electron chi connectivity index (χ4n) is 0.962. The van der Waals surface area contributed by atoms with Crippen LogP contribution in [-0.2, 0) is 0 Å². The van der Waals surface area contributed by atoms with Gasteiger partial charge in [0, 0.05) is 13.1 Å². The number of anilines is 1. The predicted octanol–water partition coefficient (Wildman–Crippen LogP) is 2.62. The first-order valence-corrected chi connectivity index (χ1v) is 4.84. The zero-order chi connectivity index (χ0) is 9.68. The van der Waals surface area contributed by atoms with Crippen LogP contribution in [0.5, 0.6) is 0 Å². The minimum Gasteiger partial charge on any atom is -0.383 e. The van der Waals surface area contributed by atoms with Gasteiger partial charge in [-0.2, -0.15) is 0 Å². The molecule has 2 nitrogen and oxygen atoms in total. The highest BCUT2D eigenvalue weighted by molar-refractivity contribution is 6.43. The Morgan fingerprint density at radius 1 is 1.23 bits per heavy atom. The summed E-state index contributed by atoms with van der Waals surface area (Å²) in [4.78, 5) is 0. The highest BCUT2D eigenvalue weighted by Crippen LogP contribution is 2.29. The van der Waals surface area contributed by atoms with Crippen molar-refractivity contribution in [3.63, 3.8) is 0 Å². The standard InChI is InChI=1S/C9H12Cl2N2/c1-12-5-6-13-8-4-2-3-7(10)9(8)11/h2-4,12-13H,5-6H2,1H3. The van der Waals surface area contributed by atoms with Crippen molar-refractivity contribution in [1.82, 2.24) is 5.32 Å². The number of halogens is 2. The van der Waals surface area contributed by atoms with E-state index in [1.165, 1.54) is 0 Å². The van der Waals surface area contributed by atoms with Gasteiger partial charge < -0.3 is 10.6 Å². The van der Waals surface area contributed by atoms with Crippen molar-refractivity contribution in [3.05, 3.63) is 28.2 Å². The van der Waals surface area contributed by atoms with Crippen molar-refractivity contribution in [3.8, 4) is 0 Å². The van der Waals surface area contributed by atoms with E-state index in [4.69, 9.17) is 23.2 Å². The molecule has 1 rings (SSSR count). The van der Waals surface area contributed by atoms with Crippen molar-refractivity contribution in [2.45, 2.75) is 0 Å². The smallest absolute Gasteiger partial charge is 0.0823 e. The quantitative estimate of drug-likeness (QED) is 0.760. The summed E-state index contributed by atoms with van der Waals surface area (Å²) in [5.74, 6) is 0. The van der Waals surface area contributed by atoms with E-state index < -0.39 is 0 Å². The van der Waals surface area contributed by atoms with E-state index in [2.05, 4.69) is 10.6 Å². The second kappa shape index (κ2) is 5.32. The van der Waals surface area contributed by atoms with Crippen LogP contribution in [-0.4, -0.2) is 20.1 Å². The Balaban J connectivity index is 2.61. The molecule has 0 amide bonds. The lowest BCUT2D eigenvalue weighted by atomic mass is 10.3. The van der Waals surface area contributed by atoms with Gasteiger partial charge >= 0.3 is 0 Å². The monoisotopic (exact) mass is 218 g/mol. The molecular formula is C9H12Cl2N2. The van der Waals surface area contributed by atoms with E-state index >= 15 is 0 Å². The molecule has 0 saturated carbocycles. The Bertz CT molecular complexity index is 276. The van der Waals surface area contributed by atoms with Crippen LogP contribution in [0.25, 0.3) is 0 Å². The molecule has 0 spiro atoms. The first-order valence-electron chi connectivity index (χ1n) is 4.08. The second-order valence-electron chi connectivity index (χ2n) is 2.63. The average Bonchev–Trinajstić information content (AvgIpc) is 2.13. The molecule has 0 atom stereocenters. The van der Waals surface area contributed by atoms with E-state index in [-0.39, 0.29) is 0 Å². The first-order chi connectivity index (χ1) is 6.25. The van der Waals surface area contributed by atoms with Gasteiger partial charge in [-0.3, -0.25) is 0 Å². The van der Waals surface area contributed by atoms with E-state index in [1.807, 2.05) is 19.2 Å². The lowest BCUT2D eigenvalue weighted by molar-refractivity contribution is 0.824.